The molecule has 2 heterocycles. The minimum atomic E-state index is 0.141. The monoisotopic (exact) mass is 409 g/mol. The van der Waals surface area contributed by atoms with Crippen LogP contribution in [0.15, 0.2) is 39.1 Å². The summed E-state index contributed by atoms with van der Waals surface area (Å²) in [5, 5.41) is 23.9. The summed E-state index contributed by atoms with van der Waals surface area (Å²) in [5.74, 6) is 0.435. The van der Waals surface area contributed by atoms with Gasteiger partial charge in [-0.3, -0.25) is 0 Å². The molecule has 0 bridgehead atoms. The van der Waals surface area contributed by atoms with Crippen LogP contribution in [0.3, 0.4) is 0 Å². The highest BCUT2D eigenvalue weighted by atomic mass is 16.6. The van der Waals surface area contributed by atoms with Gasteiger partial charge in [0.15, 0.2) is 0 Å². The van der Waals surface area contributed by atoms with Crippen LogP contribution in [0, 0.1) is 6.92 Å². The van der Waals surface area contributed by atoms with Gasteiger partial charge >= 0.3 is 0 Å². The van der Waals surface area contributed by atoms with Gasteiger partial charge in [-0.1, -0.05) is 31.2 Å². The summed E-state index contributed by atoms with van der Waals surface area (Å²) in [4.78, 5) is 2.40. The van der Waals surface area contributed by atoms with E-state index >= 15 is 0 Å². The van der Waals surface area contributed by atoms with Crippen LogP contribution in [0.4, 0.5) is 11.5 Å². The fraction of sp³-hybridized carbons (Fsp3) is 0.400. The lowest BCUT2D eigenvalue weighted by Gasteiger charge is -2.23. The van der Waals surface area contributed by atoms with Gasteiger partial charge in [-0.15, -0.1) is 5.10 Å². The zero-order chi connectivity index (χ0) is 21.5. The molecule has 3 aromatic rings. The molecule has 0 amide bonds. The maximum absolute atomic E-state index is 5.72. The number of anilines is 2. The second-order valence-electron chi connectivity index (χ2n) is 6.92. The molecule has 0 aliphatic rings. The molecule has 30 heavy (non-hydrogen) atoms. The van der Waals surface area contributed by atoms with Crippen molar-refractivity contribution in [1.82, 2.24) is 25.3 Å². The van der Waals surface area contributed by atoms with Crippen molar-refractivity contribution >= 4 is 23.4 Å². The summed E-state index contributed by atoms with van der Waals surface area (Å²) < 4.78 is 6.08. The molecule has 10 heteroatoms. The van der Waals surface area contributed by atoms with Crippen LogP contribution < -0.4 is 10.6 Å². The van der Waals surface area contributed by atoms with E-state index < -0.39 is 0 Å². The first-order chi connectivity index (χ1) is 14.5. The molecule has 2 aromatic heterocycles. The number of aromatic nitrogens is 5. The Hall–Kier alpha value is -3.56. The van der Waals surface area contributed by atoms with Crippen molar-refractivity contribution < 1.29 is 4.63 Å². The van der Waals surface area contributed by atoms with E-state index in [0.29, 0.717) is 22.9 Å². The molecule has 0 aliphatic carbocycles. The summed E-state index contributed by atoms with van der Waals surface area (Å²) in [7, 11) is 0. The molecule has 0 fully saturated rings. The number of nitrogens with two attached hydrogens (primary N) is 1. The van der Waals surface area contributed by atoms with E-state index in [1.54, 1.807) is 6.21 Å². The van der Waals surface area contributed by atoms with E-state index in [4.69, 9.17) is 5.73 Å². The fourth-order valence-corrected chi connectivity index (χ4v) is 3.11. The van der Waals surface area contributed by atoms with Crippen LogP contribution in [0.25, 0.3) is 5.82 Å². The summed E-state index contributed by atoms with van der Waals surface area (Å²) in [6.07, 6.45) is 3.97. The van der Waals surface area contributed by atoms with E-state index in [9.17, 15) is 0 Å². The maximum atomic E-state index is 5.72. The highest BCUT2D eigenvalue weighted by Gasteiger charge is 2.17. The summed E-state index contributed by atoms with van der Waals surface area (Å²) in [6, 6.07) is 8.33. The lowest BCUT2D eigenvalue weighted by molar-refractivity contribution is 0.306. The molecule has 0 radical (unpaired) electrons. The quantitative estimate of drug-likeness (QED) is 0.425. The van der Waals surface area contributed by atoms with Crippen molar-refractivity contribution in [3.8, 4) is 5.82 Å². The minimum absolute atomic E-state index is 0.141. The van der Waals surface area contributed by atoms with E-state index in [-0.39, 0.29) is 5.82 Å². The number of benzene rings is 1. The SMILES string of the molecule is CCCN(CCC)c1ccc(C=NN=C(C)c2nnn(-c3nonc3N)c2C)cc1. The van der Waals surface area contributed by atoms with Crippen molar-refractivity contribution in [3.63, 3.8) is 0 Å². The summed E-state index contributed by atoms with van der Waals surface area (Å²) >= 11 is 0. The van der Waals surface area contributed by atoms with Gasteiger partial charge in [0.1, 0.15) is 5.69 Å². The van der Waals surface area contributed by atoms with Crippen molar-refractivity contribution in [3.05, 3.63) is 41.2 Å². The lowest BCUT2D eigenvalue weighted by Crippen LogP contribution is -2.24. The Balaban J connectivity index is 1.71. The van der Waals surface area contributed by atoms with E-state index in [2.05, 4.69) is 66.3 Å². The van der Waals surface area contributed by atoms with E-state index in [1.165, 1.54) is 10.4 Å². The molecule has 1 aromatic carbocycles. The lowest BCUT2D eigenvalue weighted by atomic mass is 10.2. The molecule has 0 spiro atoms. The Labute approximate surface area is 175 Å². The third-order valence-electron chi connectivity index (χ3n) is 4.59. The number of hydrogen-bond acceptors (Lipinski definition) is 9. The molecule has 0 saturated heterocycles. The molecule has 3 rings (SSSR count). The molecule has 0 aliphatic heterocycles. The zero-order valence-electron chi connectivity index (χ0n) is 17.8. The van der Waals surface area contributed by atoms with Gasteiger partial charge in [-0.05, 0) is 54.7 Å². The molecule has 0 saturated carbocycles. The first-order valence-corrected chi connectivity index (χ1v) is 9.98. The predicted octanol–water partition coefficient (Wildman–Crippen LogP) is 3.01. The smallest absolute Gasteiger partial charge is 0.243 e. The van der Waals surface area contributed by atoms with Crippen molar-refractivity contribution in [2.75, 3.05) is 23.7 Å². The Bertz CT molecular complexity index is 1010. The first kappa shape index (κ1) is 21.2. The summed E-state index contributed by atoms with van der Waals surface area (Å²) in [5.41, 5.74) is 9.86. The Morgan fingerprint density at radius 3 is 2.47 bits per heavy atom. The van der Waals surface area contributed by atoms with Gasteiger partial charge in [0, 0.05) is 18.8 Å². The van der Waals surface area contributed by atoms with Gasteiger partial charge in [-0.2, -0.15) is 14.9 Å². The van der Waals surface area contributed by atoms with Crippen LogP contribution in [0.2, 0.25) is 0 Å². The highest BCUT2D eigenvalue weighted by Crippen LogP contribution is 2.17. The first-order valence-electron chi connectivity index (χ1n) is 9.98. The largest absolute Gasteiger partial charge is 0.378 e. The molecule has 158 valence electrons. The van der Waals surface area contributed by atoms with Gasteiger partial charge in [0.05, 0.1) is 17.6 Å². The number of nitrogen functional groups attached to an aromatic ring is 1. The van der Waals surface area contributed by atoms with Crippen LogP contribution in [0.1, 0.15) is 50.6 Å². The maximum Gasteiger partial charge on any atom is 0.243 e. The molecule has 10 nitrogen and oxygen atoms in total. The van der Waals surface area contributed by atoms with Crippen LogP contribution in [-0.2, 0) is 0 Å². The van der Waals surface area contributed by atoms with E-state index in [0.717, 1.165) is 31.5 Å². The molecular formula is C20H27N9O. The third kappa shape index (κ3) is 4.70. The van der Waals surface area contributed by atoms with Crippen molar-refractivity contribution in [1.29, 1.82) is 0 Å². The molecule has 0 atom stereocenters. The van der Waals surface area contributed by atoms with Gasteiger partial charge in [-0.25, -0.2) is 4.63 Å². The van der Waals surface area contributed by atoms with E-state index in [1.807, 2.05) is 26.0 Å². The number of rotatable bonds is 9. The van der Waals surface area contributed by atoms with Crippen LogP contribution >= 0.6 is 0 Å². The average molecular weight is 409 g/mol. The van der Waals surface area contributed by atoms with Crippen LogP contribution in [0.5, 0.6) is 0 Å². The second kappa shape index (κ2) is 9.77. The van der Waals surface area contributed by atoms with Crippen molar-refractivity contribution in [2.45, 2.75) is 40.5 Å². The number of hydrogen-bond donors (Lipinski definition) is 1. The second-order valence-corrected chi connectivity index (χ2v) is 6.92. The Morgan fingerprint density at radius 2 is 1.87 bits per heavy atom. The topological polar surface area (TPSA) is 124 Å². The number of nitrogens with zero attached hydrogens (tertiary/aromatic N) is 8. The standard InChI is InChI=1S/C20H27N9O/c1-5-11-28(12-6-2)17-9-7-16(8-10-17)13-22-23-14(3)18-15(4)29(27-24-18)20-19(21)25-30-26-20/h7-10,13H,5-6,11-12H2,1-4H3,(H2,21,25). The average Bonchev–Trinajstić information content (AvgIpc) is 3.33. The fourth-order valence-electron chi connectivity index (χ4n) is 3.11. The molecular weight excluding hydrogens is 382 g/mol. The van der Waals surface area contributed by atoms with Crippen LogP contribution in [-0.4, -0.2) is 50.3 Å². The zero-order valence-corrected chi connectivity index (χ0v) is 17.8. The molecule has 0 unspecified atom stereocenters. The normalized spacial score (nSPS) is 12.1. The van der Waals surface area contributed by atoms with Gasteiger partial charge < -0.3 is 10.6 Å². The Kier molecular flexibility index (Phi) is 6.89. The van der Waals surface area contributed by atoms with Crippen molar-refractivity contribution in [2.24, 2.45) is 10.2 Å². The van der Waals surface area contributed by atoms with Gasteiger partial charge in [0.25, 0.3) is 0 Å². The highest BCUT2D eigenvalue weighted by molar-refractivity contribution is 5.98. The molecule has 2 N–H and O–H groups in total. The summed E-state index contributed by atoms with van der Waals surface area (Å²) in [6.45, 7) is 10.2. The minimum Gasteiger partial charge on any atom is -0.378 e. The van der Waals surface area contributed by atoms with Gasteiger partial charge in [0.2, 0.25) is 11.6 Å². The Morgan fingerprint density at radius 1 is 1.17 bits per heavy atom. The predicted molar refractivity (Wildman–Crippen MR) is 117 cm³/mol. The third-order valence-corrected chi connectivity index (χ3v) is 4.59.